The molecule has 0 unspecified atom stereocenters. The third kappa shape index (κ3) is 2.36. The molecule has 0 aromatic heterocycles. The van der Waals surface area contributed by atoms with Gasteiger partial charge in [0.15, 0.2) is 0 Å². The molecule has 0 spiro atoms. The fraction of sp³-hybridized carbons (Fsp3) is 0.385. The minimum atomic E-state index is -1.02. The van der Waals surface area contributed by atoms with Gasteiger partial charge in [-0.25, -0.2) is 4.79 Å². The van der Waals surface area contributed by atoms with Gasteiger partial charge >= 0.3 is 5.97 Å². The van der Waals surface area contributed by atoms with Gasteiger partial charge in [0.1, 0.15) is 0 Å². The average molecular weight is 248 g/mol. The first kappa shape index (κ1) is 12.6. The number of rotatable bonds is 3. The first-order valence-corrected chi connectivity index (χ1v) is 5.94. The summed E-state index contributed by atoms with van der Waals surface area (Å²) in [5, 5.41) is 12.2. The number of anilines is 1. The van der Waals surface area contributed by atoms with E-state index in [0.29, 0.717) is 5.69 Å². The summed E-state index contributed by atoms with van der Waals surface area (Å²) in [6.07, 6.45) is 1.78. The lowest BCUT2D eigenvalue weighted by atomic mass is 10.1. The Morgan fingerprint density at radius 3 is 2.72 bits per heavy atom. The Morgan fingerprint density at radius 2 is 2.11 bits per heavy atom. The summed E-state index contributed by atoms with van der Waals surface area (Å²) in [7, 11) is 1.62. The van der Waals surface area contributed by atoms with Gasteiger partial charge in [-0.1, -0.05) is 12.1 Å². The molecule has 1 aliphatic rings. The van der Waals surface area contributed by atoms with Gasteiger partial charge in [-0.05, 0) is 31.5 Å². The highest BCUT2D eigenvalue weighted by Gasteiger charge is 2.27. The van der Waals surface area contributed by atoms with E-state index in [0.717, 1.165) is 19.4 Å². The summed E-state index contributed by atoms with van der Waals surface area (Å²) in [4.78, 5) is 24.7. The lowest BCUT2D eigenvalue weighted by Gasteiger charge is -2.22. The van der Waals surface area contributed by atoms with E-state index >= 15 is 0 Å². The van der Waals surface area contributed by atoms with Crippen LogP contribution in [0.25, 0.3) is 0 Å². The van der Waals surface area contributed by atoms with Crippen molar-refractivity contribution in [3.8, 4) is 0 Å². The number of carboxylic acid groups (broad SMARTS) is 1. The summed E-state index contributed by atoms with van der Waals surface area (Å²) in [6.45, 7) is 0.838. The van der Waals surface area contributed by atoms with Gasteiger partial charge in [0.05, 0.1) is 17.3 Å². The van der Waals surface area contributed by atoms with Crippen LogP contribution in [0, 0.1) is 0 Å². The lowest BCUT2D eigenvalue weighted by molar-refractivity contribution is -0.119. The van der Waals surface area contributed by atoms with Crippen LogP contribution >= 0.6 is 0 Å². The summed E-state index contributed by atoms with van der Waals surface area (Å²) in [5.41, 5.74) is 0.579. The van der Waals surface area contributed by atoms with Crippen LogP contribution in [0.15, 0.2) is 24.3 Å². The minimum absolute atomic E-state index is 0.0822. The summed E-state index contributed by atoms with van der Waals surface area (Å²) in [5.74, 6) is -1.11. The molecule has 1 amide bonds. The molecule has 96 valence electrons. The van der Waals surface area contributed by atoms with Crippen molar-refractivity contribution in [1.29, 1.82) is 0 Å². The Kier molecular flexibility index (Phi) is 3.62. The number of carbonyl (C=O) groups is 2. The molecular formula is C13H16N2O3. The van der Waals surface area contributed by atoms with E-state index in [2.05, 4.69) is 5.32 Å². The van der Waals surface area contributed by atoms with E-state index in [1.165, 1.54) is 11.0 Å². The predicted octanol–water partition coefficient (Wildman–Crippen LogP) is 1.10. The first-order valence-electron chi connectivity index (χ1n) is 5.94. The van der Waals surface area contributed by atoms with E-state index in [4.69, 9.17) is 5.11 Å². The molecule has 5 heteroatoms. The Hall–Kier alpha value is -1.88. The van der Waals surface area contributed by atoms with E-state index in [-0.39, 0.29) is 17.5 Å². The number of amides is 1. The largest absolute Gasteiger partial charge is 0.478 e. The fourth-order valence-corrected chi connectivity index (χ4v) is 2.19. The van der Waals surface area contributed by atoms with Gasteiger partial charge in [-0.15, -0.1) is 0 Å². The molecule has 5 nitrogen and oxygen atoms in total. The highest BCUT2D eigenvalue weighted by atomic mass is 16.4. The number of hydrogen-bond acceptors (Lipinski definition) is 3. The lowest BCUT2D eigenvalue weighted by Crippen LogP contribution is -2.42. The second-order valence-electron chi connectivity index (χ2n) is 4.37. The topological polar surface area (TPSA) is 69.6 Å². The summed E-state index contributed by atoms with van der Waals surface area (Å²) < 4.78 is 0. The molecule has 1 aliphatic heterocycles. The average Bonchev–Trinajstić information content (AvgIpc) is 2.90. The summed E-state index contributed by atoms with van der Waals surface area (Å²) in [6, 6.07) is 6.34. The Bertz CT molecular complexity index is 467. The number of likely N-dealkylation sites (N-methyl/N-ethyl adjacent to an activating group) is 1. The summed E-state index contributed by atoms with van der Waals surface area (Å²) >= 11 is 0. The standard InChI is InChI=1S/C13H16N2O3/c1-15(12(16)10-6-4-8-14-10)11-7-3-2-5-9(11)13(17)18/h2-3,5,7,10,14H,4,6,8H2,1H3,(H,17,18)/t10-/m0/s1. The molecule has 0 radical (unpaired) electrons. The molecule has 0 saturated carbocycles. The Morgan fingerprint density at radius 1 is 1.39 bits per heavy atom. The Balaban J connectivity index is 2.25. The number of aromatic carboxylic acids is 1. The van der Waals surface area contributed by atoms with Gasteiger partial charge in [-0.2, -0.15) is 0 Å². The zero-order valence-electron chi connectivity index (χ0n) is 10.2. The second-order valence-corrected chi connectivity index (χ2v) is 4.37. The fourth-order valence-electron chi connectivity index (χ4n) is 2.19. The van der Waals surface area contributed by atoms with Crippen LogP contribution < -0.4 is 10.2 Å². The van der Waals surface area contributed by atoms with Crippen molar-refractivity contribution < 1.29 is 14.7 Å². The van der Waals surface area contributed by atoms with Crippen molar-refractivity contribution in [2.24, 2.45) is 0 Å². The van der Waals surface area contributed by atoms with Crippen molar-refractivity contribution in [2.75, 3.05) is 18.5 Å². The molecule has 2 rings (SSSR count). The van der Waals surface area contributed by atoms with Crippen molar-refractivity contribution >= 4 is 17.6 Å². The zero-order valence-corrected chi connectivity index (χ0v) is 10.2. The molecular weight excluding hydrogens is 232 g/mol. The molecule has 1 aromatic carbocycles. The molecule has 1 heterocycles. The Labute approximate surface area is 105 Å². The molecule has 0 aliphatic carbocycles. The van der Waals surface area contributed by atoms with Crippen LogP contribution in [-0.2, 0) is 4.79 Å². The number of para-hydroxylation sites is 1. The molecule has 1 saturated heterocycles. The highest BCUT2D eigenvalue weighted by molar-refractivity contribution is 6.03. The SMILES string of the molecule is CN(C(=O)[C@@H]1CCCN1)c1ccccc1C(=O)O. The third-order valence-electron chi connectivity index (χ3n) is 3.18. The monoisotopic (exact) mass is 248 g/mol. The van der Waals surface area contributed by atoms with Crippen molar-refractivity contribution in [2.45, 2.75) is 18.9 Å². The van der Waals surface area contributed by atoms with Crippen molar-refractivity contribution in [3.05, 3.63) is 29.8 Å². The van der Waals surface area contributed by atoms with Crippen LogP contribution in [-0.4, -0.2) is 36.6 Å². The smallest absolute Gasteiger partial charge is 0.337 e. The molecule has 0 bridgehead atoms. The maximum Gasteiger partial charge on any atom is 0.337 e. The predicted molar refractivity (Wildman–Crippen MR) is 67.8 cm³/mol. The van der Waals surface area contributed by atoms with E-state index in [1.54, 1.807) is 25.2 Å². The number of benzene rings is 1. The van der Waals surface area contributed by atoms with Crippen LogP contribution in [0.5, 0.6) is 0 Å². The molecule has 1 atom stereocenters. The van der Waals surface area contributed by atoms with E-state index in [1.807, 2.05) is 0 Å². The van der Waals surface area contributed by atoms with Crippen LogP contribution in [0.1, 0.15) is 23.2 Å². The van der Waals surface area contributed by atoms with Crippen LogP contribution in [0.4, 0.5) is 5.69 Å². The van der Waals surface area contributed by atoms with E-state index in [9.17, 15) is 9.59 Å². The van der Waals surface area contributed by atoms with Crippen LogP contribution in [0.3, 0.4) is 0 Å². The van der Waals surface area contributed by atoms with Gasteiger partial charge in [0.2, 0.25) is 5.91 Å². The van der Waals surface area contributed by atoms with Gasteiger partial charge < -0.3 is 15.3 Å². The normalized spacial score (nSPS) is 18.6. The number of nitrogens with zero attached hydrogens (tertiary/aromatic N) is 1. The van der Waals surface area contributed by atoms with Gasteiger partial charge in [0, 0.05) is 7.05 Å². The molecule has 1 aromatic rings. The minimum Gasteiger partial charge on any atom is -0.478 e. The highest BCUT2D eigenvalue weighted by Crippen LogP contribution is 2.21. The number of nitrogens with one attached hydrogen (secondary N) is 1. The first-order chi connectivity index (χ1) is 8.61. The van der Waals surface area contributed by atoms with Gasteiger partial charge in [-0.3, -0.25) is 4.79 Å². The maximum absolute atomic E-state index is 12.2. The zero-order chi connectivity index (χ0) is 13.1. The second kappa shape index (κ2) is 5.18. The maximum atomic E-state index is 12.2. The number of carboxylic acids is 1. The molecule has 18 heavy (non-hydrogen) atoms. The van der Waals surface area contributed by atoms with Crippen LogP contribution in [0.2, 0.25) is 0 Å². The third-order valence-corrected chi connectivity index (χ3v) is 3.18. The van der Waals surface area contributed by atoms with Crippen molar-refractivity contribution in [1.82, 2.24) is 5.32 Å². The number of hydrogen-bond donors (Lipinski definition) is 2. The van der Waals surface area contributed by atoms with Gasteiger partial charge in [0.25, 0.3) is 0 Å². The molecule has 2 N–H and O–H groups in total. The quantitative estimate of drug-likeness (QED) is 0.840. The molecule has 1 fully saturated rings. The van der Waals surface area contributed by atoms with E-state index < -0.39 is 5.97 Å². The number of carbonyl (C=O) groups excluding carboxylic acids is 1. The van der Waals surface area contributed by atoms with Crippen molar-refractivity contribution in [3.63, 3.8) is 0 Å².